The molecule has 0 radical (unpaired) electrons. The highest BCUT2D eigenvalue weighted by atomic mass is 19.1. The molecule has 4 fully saturated rings. The number of nitrogens with zero attached hydrogens (tertiary/aromatic N) is 6. The molecule has 2 aromatic heterocycles. The molecule has 5 heterocycles. The summed E-state index contributed by atoms with van der Waals surface area (Å²) in [6, 6.07) is 19.5. The number of likely N-dealkylation sites (N-methyl/N-ethyl adjacent to an activating group) is 1. The molecule has 3 aliphatic heterocycles. The number of aryl methyl sites for hydroxylation is 2. The van der Waals surface area contributed by atoms with Crippen LogP contribution < -0.4 is 4.74 Å². The van der Waals surface area contributed by atoms with Gasteiger partial charge in [-0.2, -0.15) is 10.5 Å². The van der Waals surface area contributed by atoms with Crippen molar-refractivity contribution in [3.63, 3.8) is 0 Å². The van der Waals surface area contributed by atoms with E-state index in [1.54, 1.807) is 6.07 Å². The third-order valence-electron chi connectivity index (χ3n) is 11.3. The lowest BCUT2D eigenvalue weighted by Gasteiger charge is -2.38. The second-order valence-corrected chi connectivity index (χ2v) is 13.9. The Kier molecular flexibility index (Phi) is 7.46. The summed E-state index contributed by atoms with van der Waals surface area (Å²) in [7, 11) is 2.09. The first-order valence-corrected chi connectivity index (χ1v) is 17.0. The van der Waals surface area contributed by atoms with Crippen LogP contribution in [0.15, 0.2) is 48.5 Å². The van der Waals surface area contributed by atoms with Crippen LogP contribution in [0.1, 0.15) is 55.5 Å². The van der Waals surface area contributed by atoms with Gasteiger partial charge < -0.3 is 19.3 Å². The number of hydrogen-bond acceptors (Lipinski definition) is 6. The summed E-state index contributed by atoms with van der Waals surface area (Å²) < 4.78 is 26.5. The van der Waals surface area contributed by atoms with Crippen molar-refractivity contribution in [3.8, 4) is 29.1 Å². The fourth-order valence-corrected chi connectivity index (χ4v) is 9.01. The Balaban J connectivity index is 1.42. The number of pyridine rings is 1. The van der Waals surface area contributed by atoms with Crippen molar-refractivity contribution in [2.45, 2.75) is 70.2 Å². The maximum absolute atomic E-state index is 17.6. The average Bonchev–Trinajstić information content (AvgIpc) is 3.88. The van der Waals surface area contributed by atoms with E-state index in [1.807, 2.05) is 56.3 Å². The van der Waals surface area contributed by atoms with Crippen LogP contribution in [0.25, 0.3) is 43.7 Å². The van der Waals surface area contributed by atoms with E-state index in [1.165, 1.54) is 4.90 Å². The van der Waals surface area contributed by atoms with E-state index in [4.69, 9.17) is 9.72 Å². The van der Waals surface area contributed by atoms with Crippen LogP contribution in [0.4, 0.5) is 9.18 Å². The predicted molar refractivity (Wildman–Crippen MR) is 185 cm³/mol. The maximum Gasteiger partial charge on any atom is 0.407 e. The number of amides is 1. The number of nitriles is 2. The molecule has 1 unspecified atom stereocenters. The minimum Gasteiger partial charge on any atom is -0.472 e. The van der Waals surface area contributed by atoms with Gasteiger partial charge in [0.15, 0.2) is 5.82 Å². The van der Waals surface area contributed by atoms with E-state index in [0.717, 1.165) is 47.8 Å². The van der Waals surface area contributed by atoms with E-state index >= 15 is 4.39 Å². The molecule has 5 aromatic rings. The Morgan fingerprint density at radius 1 is 1.18 bits per heavy atom. The molecular formula is C39H37FN6O3. The first-order valence-electron chi connectivity index (χ1n) is 17.0. The molecule has 49 heavy (non-hydrogen) atoms. The second kappa shape index (κ2) is 11.7. The third-order valence-corrected chi connectivity index (χ3v) is 11.3. The lowest BCUT2D eigenvalue weighted by atomic mass is 9.79. The normalized spacial score (nSPS) is 22.4. The first-order chi connectivity index (χ1) is 23.7. The van der Waals surface area contributed by atoms with Gasteiger partial charge >= 0.3 is 6.09 Å². The average molecular weight is 657 g/mol. The van der Waals surface area contributed by atoms with E-state index in [9.17, 15) is 20.4 Å². The summed E-state index contributed by atoms with van der Waals surface area (Å²) in [5.74, 6) is -0.0299. The molecule has 1 amide bonds. The van der Waals surface area contributed by atoms with Crippen molar-refractivity contribution < 1.29 is 19.0 Å². The molecule has 3 aromatic carbocycles. The lowest BCUT2D eigenvalue weighted by molar-refractivity contribution is 0.118. The fraction of sp³-hybridized carbons (Fsp3) is 0.385. The number of fused-ring (bicyclic) bond motifs is 5. The Hall–Kier alpha value is -5.19. The van der Waals surface area contributed by atoms with E-state index in [2.05, 4.69) is 28.7 Å². The van der Waals surface area contributed by atoms with Crippen molar-refractivity contribution in [1.29, 1.82) is 10.5 Å². The van der Waals surface area contributed by atoms with Gasteiger partial charge in [0, 0.05) is 47.0 Å². The van der Waals surface area contributed by atoms with Gasteiger partial charge in [0.25, 0.3) is 0 Å². The molecule has 1 saturated carbocycles. The number of hydrogen-bond donors (Lipinski definition) is 1. The van der Waals surface area contributed by atoms with Gasteiger partial charge in [-0.3, -0.25) is 4.90 Å². The number of carbonyl (C=O) groups is 1. The largest absolute Gasteiger partial charge is 0.472 e. The van der Waals surface area contributed by atoms with Gasteiger partial charge in [0.2, 0.25) is 5.88 Å². The quantitative estimate of drug-likeness (QED) is 0.192. The highest BCUT2D eigenvalue weighted by Gasteiger charge is 2.55. The Morgan fingerprint density at radius 3 is 2.67 bits per heavy atom. The van der Waals surface area contributed by atoms with Crippen LogP contribution in [-0.4, -0.2) is 68.9 Å². The minimum atomic E-state index is -0.921. The maximum atomic E-state index is 17.6. The zero-order valence-corrected chi connectivity index (χ0v) is 27.8. The SMILES string of the molecule is Cc1cc2c(OC(C)[C@@H]3CCCN3C)nc3c(F)c(-c4cccc5cccc(C#N)c45)c(CCC#N)cc3c2n1[C@H]1[C@@H]2C[C@H]1N(C(=O)O)C2. The van der Waals surface area contributed by atoms with Crippen molar-refractivity contribution in [3.05, 3.63) is 71.2 Å². The Morgan fingerprint density at radius 2 is 1.98 bits per heavy atom. The summed E-state index contributed by atoms with van der Waals surface area (Å²) in [5, 5.41) is 32.5. The molecule has 3 saturated heterocycles. The zero-order valence-electron chi connectivity index (χ0n) is 27.8. The number of halogens is 1. The van der Waals surface area contributed by atoms with Gasteiger partial charge in [0.05, 0.1) is 40.7 Å². The zero-order chi connectivity index (χ0) is 34.1. The molecule has 9 rings (SSSR count). The van der Waals surface area contributed by atoms with Crippen LogP contribution >= 0.6 is 0 Å². The first kappa shape index (κ1) is 31.1. The number of likely N-dealkylation sites (tertiary alicyclic amines) is 1. The molecule has 10 heteroatoms. The summed E-state index contributed by atoms with van der Waals surface area (Å²) in [6.45, 7) is 5.50. The van der Waals surface area contributed by atoms with E-state index < -0.39 is 11.9 Å². The second-order valence-electron chi connectivity index (χ2n) is 13.9. The number of carboxylic acid groups (broad SMARTS) is 1. The van der Waals surface area contributed by atoms with E-state index in [-0.39, 0.29) is 42.1 Å². The van der Waals surface area contributed by atoms with Gasteiger partial charge in [-0.15, -0.1) is 0 Å². The van der Waals surface area contributed by atoms with Crippen LogP contribution in [0.3, 0.4) is 0 Å². The molecule has 2 bridgehead atoms. The molecule has 9 nitrogen and oxygen atoms in total. The summed E-state index contributed by atoms with van der Waals surface area (Å²) in [6.07, 6.45) is 2.22. The third kappa shape index (κ3) is 4.73. The molecule has 248 valence electrons. The van der Waals surface area contributed by atoms with Crippen LogP contribution in [-0.2, 0) is 6.42 Å². The minimum absolute atomic E-state index is 0.0908. The summed E-state index contributed by atoms with van der Waals surface area (Å²) >= 11 is 0. The topological polar surface area (TPSA) is 118 Å². The molecule has 1 aliphatic carbocycles. The predicted octanol–water partition coefficient (Wildman–Crippen LogP) is 7.57. The van der Waals surface area contributed by atoms with Crippen LogP contribution in [0.5, 0.6) is 5.88 Å². The summed E-state index contributed by atoms with van der Waals surface area (Å²) in [4.78, 5) is 20.9. The van der Waals surface area contributed by atoms with Crippen molar-refractivity contribution in [2.24, 2.45) is 5.92 Å². The molecular weight excluding hydrogens is 619 g/mol. The van der Waals surface area contributed by atoms with Gasteiger partial charge in [-0.1, -0.05) is 30.3 Å². The molecule has 0 spiro atoms. The molecule has 4 aliphatic rings. The molecule has 5 atom stereocenters. The van der Waals surface area contributed by atoms with Crippen molar-refractivity contribution in [2.75, 3.05) is 20.1 Å². The highest BCUT2D eigenvalue weighted by molar-refractivity contribution is 6.10. The number of aromatic nitrogens is 2. The summed E-state index contributed by atoms with van der Waals surface area (Å²) in [5.41, 5.74) is 3.85. The standard InChI is InChI=1S/C39H37FN6O3/c1-21-16-29-37(46(21)36-26-18-31(36)45(20-26)39(47)48)28-17-24(11-6-14-41)33(27-12-5-9-23-8-4-10-25(19-42)32(23)27)34(40)35(28)43-38(29)49-22(2)30-13-7-15-44(30)3/h4-5,8-10,12,16-17,22,26,30-31,36H,6-7,11,13,15,18,20H2,1-3H3,(H,47,48)/t22?,26-,30+,31-,36+/m1/s1. The monoisotopic (exact) mass is 656 g/mol. The Labute approximate surface area is 283 Å². The smallest absolute Gasteiger partial charge is 0.407 e. The lowest BCUT2D eigenvalue weighted by Crippen LogP contribution is -2.42. The molecule has 1 N–H and O–H groups in total. The number of benzene rings is 3. The van der Waals surface area contributed by atoms with Crippen LogP contribution in [0, 0.1) is 41.3 Å². The van der Waals surface area contributed by atoms with Gasteiger partial charge in [-0.05, 0) is 87.8 Å². The van der Waals surface area contributed by atoms with Crippen molar-refractivity contribution >= 4 is 38.7 Å². The highest BCUT2D eigenvalue weighted by Crippen LogP contribution is 2.53. The number of rotatable bonds is 7. The van der Waals surface area contributed by atoms with E-state index in [0.29, 0.717) is 51.9 Å². The number of ether oxygens (including phenoxy) is 1. The van der Waals surface area contributed by atoms with Gasteiger partial charge in [-0.25, -0.2) is 14.2 Å². The van der Waals surface area contributed by atoms with Crippen LogP contribution in [0.2, 0.25) is 0 Å². The van der Waals surface area contributed by atoms with Gasteiger partial charge in [0.1, 0.15) is 11.6 Å². The fourth-order valence-electron chi connectivity index (χ4n) is 9.01. The Bertz CT molecular complexity index is 2260. The van der Waals surface area contributed by atoms with Crippen molar-refractivity contribution in [1.82, 2.24) is 19.4 Å².